The van der Waals surface area contributed by atoms with Crippen molar-refractivity contribution in [1.29, 1.82) is 0 Å². The van der Waals surface area contributed by atoms with Gasteiger partial charge in [-0.2, -0.15) is 4.31 Å². The highest BCUT2D eigenvalue weighted by Crippen LogP contribution is 2.34. The number of carboxylic acid groups (broad SMARTS) is 1. The molecule has 0 spiro atoms. The van der Waals surface area contributed by atoms with Crippen LogP contribution in [0.4, 0.5) is 0 Å². The molecule has 1 unspecified atom stereocenters. The second-order valence-corrected chi connectivity index (χ2v) is 6.68. The third kappa shape index (κ3) is 3.33. The van der Waals surface area contributed by atoms with Gasteiger partial charge in [0.15, 0.2) is 0 Å². The first-order chi connectivity index (χ1) is 9.00. The topological polar surface area (TPSA) is 74.7 Å². The molecule has 0 aromatic heterocycles. The molecular formula is C13H17NO4S. The van der Waals surface area contributed by atoms with E-state index in [1.807, 2.05) is 30.3 Å². The normalized spacial score (nSPS) is 20.5. The highest BCUT2D eigenvalue weighted by atomic mass is 32.2. The number of benzene rings is 1. The molecule has 1 saturated heterocycles. The Kier molecular flexibility index (Phi) is 4.21. The van der Waals surface area contributed by atoms with Gasteiger partial charge in [0.2, 0.25) is 10.0 Å². The molecule has 1 heterocycles. The Hall–Kier alpha value is -1.40. The molecule has 104 valence electrons. The molecule has 1 aromatic rings. The Labute approximate surface area is 112 Å². The molecule has 1 atom stereocenters. The average molecular weight is 283 g/mol. The van der Waals surface area contributed by atoms with Crippen molar-refractivity contribution < 1.29 is 18.3 Å². The van der Waals surface area contributed by atoms with E-state index in [9.17, 15) is 13.2 Å². The van der Waals surface area contributed by atoms with Crippen molar-refractivity contribution in [1.82, 2.24) is 4.31 Å². The molecule has 1 aromatic carbocycles. The molecule has 0 saturated carbocycles. The lowest BCUT2D eigenvalue weighted by atomic mass is 10.1. The van der Waals surface area contributed by atoms with Crippen molar-refractivity contribution in [3.05, 3.63) is 35.9 Å². The lowest BCUT2D eigenvalue weighted by molar-refractivity contribution is -0.136. The van der Waals surface area contributed by atoms with E-state index in [0.29, 0.717) is 6.54 Å². The Morgan fingerprint density at radius 2 is 2.00 bits per heavy atom. The summed E-state index contributed by atoms with van der Waals surface area (Å²) in [6, 6.07) is 9.33. The quantitative estimate of drug-likeness (QED) is 0.891. The number of hydrogen-bond acceptors (Lipinski definition) is 3. The molecule has 0 aliphatic carbocycles. The van der Waals surface area contributed by atoms with E-state index in [1.54, 1.807) is 0 Å². The minimum absolute atomic E-state index is 0.153. The number of nitrogens with zero attached hydrogens (tertiary/aromatic N) is 1. The minimum atomic E-state index is -3.50. The summed E-state index contributed by atoms with van der Waals surface area (Å²) >= 11 is 0. The molecule has 0 radical (unpaired) electrons. The number of hydrogen-bond donors (Lipinski definition) is 1. The summed E-state index contributed by atoms with van der Waals surface area (Å²) in [5.74, 6) is -1.41. The van der Waals surface area contributed by atoms with Gasteiger partial charge in [0.05, 0.1) is 12.2 Å². The Balaban J connectivity index is 2.17. The van der Waals surface area contributed by atoms with Crippen LogP contribution < -0.4 is 0 Å². The molecule has 6 heteroatoms. The Bertz CT molecular complexity index is 541. The number of carboxylic acids is 1. The van der Waals surface area contributed by atoms with Gasteiger partial charge in [0.25, 0.3) is 0 Å². The zero-order valence-electron chi connectivity index (χ0n) is 10.5. The monoisotopic (exact) mass is 283 g/mol. The smallest absolute Gasteiger partial charge is 0.304 e. The van der Waals surface area contributed by atoms with E-state index in [2.05, 4.69) is 0 Å². The third-order valence-electron chi connectivity index (χ3n) is 3.32. The molecule has 0 amide bonds. The lowest BCUT2D eigenvalue weighted by Crippen LogP contribution is -2.33. The van der Waals surface area contributed by atoms with Gasteiger partial charge in [-0.05, 0) is 18.4 Å². The summed E-state index contributed by atoms with van der Waals surface area (Å²) in [5.41, 5.74) is 0.971. The van der Waals surface area contributed by atoms with Crippen LogP contribution in [0.3, 0.4) is 0 Å². The number of sulfonamides is 1. The van der Waals surface area contributed by atoms with E-state index in [-0.39, 0.29) is 18.2 Å². The lowest BCUT2D eigenvalue weighted by Gasteiger charge is -2.24. The first kappa shape index (κ1) is 14.0. The van der Waals surface area contributed by atoms with Crippen molar-refractivity contribution in [2.75, 3.05) is 12.3 Å². The predicted octanol–water partition coefficient (Wildman–Crippen LogP) is 1.63. The van der Waals surface area contributed by atoms with Crippen molar-refractivity contribution in [2.24, 2.45) is 0 Å². The molecular weight excluding hydrogens is 266 g/mol. The van der Waals surface area contributed by atoms with Crippen LogP contribution in [0, 0.1) is 0 Å². The first-order valence-corrected chi connectivity index (χ1v) is 7.88. The largest absolute Gasteiger partial charge is 0.481 e. The van der Waals surface area contributed by atoms with Gasteiger partial charge in [-0.3, -0.25) is 4.79 Å². The van der Waals surface area contributed by atoms with Crippen LogP contribution in [0.2, 0.25) is 0 Å². The first-order valence-electron chi connectivity index (χ1n) is 6.27. The number of carbonyl (C=O) groups is 1. The summed E-state index contributed by atoms with van der Waals surface area (Å²) < 4.78 is 25.8. The van der Waals surface area contributed by atoms with E-state index in [1.165, 1.54) is 4.31 Å². The zero-order chi connectivity index (χ0) is 13.9. The summed E-state index contributed by atoms with van der Waals surface area (Å²) in [7, 11) is -3.50. The molecule has 0 bridgehead atoms. The van der Waals surface area contributed by atoms with Crippen LogP contribution in [0.15, 0.2) is 30.3 Å². The molecule has 1 aliphatic rings. The van der Waals surface area contributed by atoms with E-state index in [4.69, 9.17) is 5.11 Å². The van der Waals surface area contributed by atoms with Crippen molar-refractivity contribution in [2.45, 2.75) is 25.3 Å². The van der Waals surface area contributed by atoms with Crippen LogP contribution >= 0.6 is 0 Å². The number of aliphatic carboxylic acids is 1. The summed E-state index contributed by atoms with van der Waals surface area (Å²) in [4.78, 5) is 10.5. The molecule has 1 fully saturated rings. The van der Waals surface area contributed by atoms with Gasteiger partial charge < -0.3 is 5.11 Å². The average Bonchev–Trinajstić information content (AvgIpc) is 2.87. The van der Waals surface area contributed by atoms with Gasteiger partial charge in [-0.1, -0.05) is 30.3 Å². The van der Waals surface area contributed by atoms with E-state index < -0.39 is 16.0 Å². The highest BCUT2D eigenvalue weighted by molar-refractivity contribution is 7.89. The maximum absolute atomic E-state index is 12.2. The predicted molar refractivity (Wildman–Crippen MR) is 71.2 cm³/mol. The van der Waals surface area contributed by atoms with E-state index in [0.717, 1.165) is 18.4 Å². The van der Waals surface area contributed by atoms with Gasteiger partial charge >= 0.3 is 5.97 Å². The Morgan fingerprint density at radius 1 is 1.32 bits per heavy atom. The summed E-state index contributed by atoms with van der Waals surface area (Å²) in [6.07, 6.45) is 1.25. The van der Waals surface area contributed by atoms with Gasteiger partial charge in [0, 0.05) is 12.6 Å². The molecule has 1 aliphatic heterocycles. The molecule has 1 N–H and O–H groups in total. The van der Waals surface area contributed by atoms with Crippen LogP contribution in [0.1, 0.15) is 30.9 Å². The fourth-order valence-corrected chi connectivity index (χ4v) is 4.10. The maximum Gasteiger partial charge on any atom is 0.304 e. The molecule has 2 rings (SSSR count). The minimum Gasteiger partial charge on any atom is -0.481 e. The van der Waals surface area contributed by atoms with Crippen molar-refractivity contribution >= 4 is 16.0 Å². The Morgan fingerprint density at radius 3 is 2.63 bits per heavy atom. The van der Waals surface area contributed by atoms with Crippen LogP contribution in [-0.2, 0) is 14.8 Å². The standard InChI is InChI=1S/C13H17NO4S/c15-13(16)8-10-19(17,18)14-9-4-7-12(14)11-5-2-1-3-6-11/h1-3,5-6,12H,4,7-10H2,(H,15,16). The van der Waals surface area contributed by atoms with E-state index >= 15 is 0 Å². The van der Waals surface area contributed by atoms with Crippen LogP contribution in [0.5, 0.6) is 0 Å². The van der Waals surface area contributed by atoms with Gasteiger partial charge in [-0.25, -0.2) is 8.42 Å². The second kappa shape index (κ2) is 5.71. The fraction of sp³-hybridized carbons (Fsp3) is 0.462. The fourth-order valence-electron chi connectivity index (χ4n) is 2.41. The number of rotatable bonds is 5. The summed E-state index contributed by atoms with van der Waals surface area (Å²) in [6.45, 7) is 0.474. The molecule has 5 nitrogen and oxygen atoms in total. The summed E-state index contributed by atoms with van der Waals surface area (Å²) in [5, 5.41) is 8.62. The van der Waals surface area contributed by atoms with Gasteiger partial charge in [-0.15, -0.1) is 0 Å². The second-order valence-electron chi connectivity index (χ2n) is 4.64. The highest BCUT2D eigenvalue weighted by Gasteiger charge is 2.34. The van der Waals surface area contributed by atoms with Crippen molar-refractivity contribution in [3.8, 4) is 0 Å². The van der Waals surface area contributed by atoms with Crippen molar-refractivity contribution in [3.63, 3.8) is 0 Å². The maximum atomic E-state index is 12.2. The zero-order valence-corrected chi connectivity index (χ0v) is 11.3. The SMILES string of the molecule is O=C(O)CCS(=O)(=O)N1CCCC1c1ccccc1. The molecule has 19 heavy (non-hydrogen) atoms. The van der Waals surface area contributed by atoms with Gasteiger partial charge in [0.1, 0.15) is 0 Å². The van der Waals surface area contributed by atoms with Crippen LogP contribution in [-0.4, -0.2) is 36.1 Å². The van der Waals surface area contributed by atoms with Crippen LogP contribution in [0.25, 0.3) is 0 Å². The third-order valence-corrected chi connectivity index (χ3v) is 5.19.